The van der Waals surface area contributed by atoms with Crippen LogP contribution in [0.25, 0.3) is 0 Å². The molecule has 3 aromatic carbocycles. The van der Waals surface area contributed by atoms with Crippen LogP contribution in [0, 0.1) is 5.82 Å². The fourth-order valence-electron chi connectivity index (χ4n) is 2.32. The van der Waals surface area contributed by atoms with Crippen LogP contribution in [-0.4, -0.2) is 14.3 Å². The molecular weight excluding hydrogens is 391 g/mol. The third kappa shape index (κ3) is 4.45. The number of hydrogen-bond donors (Lipinski definition) is 2. The molecule has 3 rings (SSSR count). The summed E-state index contributed by atoms with van der Waals surface area (Å²) in [5.74, 6) is -1.48. The lowest BCUT2D eigenvalue weighted by Gasteiger charge is -2.11. The van der Waals surface area contributed by atoms with Crippen molar-refractivity contribution in [3.05, 3.63) is 89.2 Å². The zero-order valence-corrected chi connectivity index (χ0v) is 15.4. The molecule has 5 nitrogen and oxygen atoms in total. The Morgan fingerprint density at radius 2 is 1.59 bits per heavy atom. The average Bonchev–Trinajstić information content (AvgIpc) is 2.64. The lowest BCUT2D eigenvalue weighted by atomic mass is 10.2. The van der Waals surface area contributed by atoms with Gasteiger partial charge >= 0.3 is 0 Å². The first-order valence-electron chi connectivity index (χ1n) is 7.80. The molecule has 2 N–H and O–H groups in total. The van der Waals surface area contributed by atoms with E-state index in [-0.39, 0.29) is 21.2 Å². The molecule has 0 heterocycles. The van der Waals surface area contributed by atoms with Crippen molar-refractivity contribution in [2.45, 2.75) is 4.90 Å². The Hall–Kier alpha value is -2.90. The molecule has 0 atom stereocenters. The standard InChI is InChI=1S/C19H14ClFN2O3S/c20-16-9-5-4-8-15(16)19(24)22-18-11-10-14(12-17(18)21)27(25,26)23-13-6-2-1-3-7-13/h1-12,23H,(H,22,24). The third-order valence-corrected chi connectivity index (χ3v) is 5.35. The Morgan fingerprint density at radius 1 is 0.926 bits per heavy atom. The summed E-state index contributed by atoms with van der Waals surface area (Å²) in [7, 11) is -3.96. The van der Waals surface area contributed by atoms with Crippen molar-refractivity contribution in [1.82, 2.24) is 0 Å². The first-order chi connectivity index (χ1) is 12.9. The lowest BCUT2D eigenvalue weighted by molar-refractivity contribution is 0.102. The summed E-state index contributed by atoms with van der Waals surface area (Å²) in [5, 5.41) is 2.61. The number of carbonyl (C=O) groups is 1. The Bertz CT molecular complexity index is 1090. The number of amides is 1. The van der Waals surface area contributed by atoms with Crippen molar-refractivity contribution in [3.63, 3.8) is 0 Å². The maximum absolute atomic E-state index is 14.4. The molecule has 1 amide bonds. The van der Waals surface area contributed by atoms with Gasteiger partial charge in [-0.3, -0.25) is 9.52 Å². The van der Waals surface area contributed by atoms with E-state index in [0.29, 0.717) is 5.69 Å². The molecule has 0 bridgehead atoms. The second-order valence-electron chi connectivity index (χ2n) is 5.55. The van der Waals surface area contributed by atoms with Crippen molar-refractivity contribution in [2.75, 3.05) is 10.0 Å². The van der Waals surface area contributed by atoms with Gasteiger partial charge in [0.05, 0.1) is 21.2 Å². The minimum Gasteiger partial charge on any atom is -0.319 e. The van der Waals surface area contributed by atoms with Crippen LogP contribution in [0.5, 0.6) is 0 Å². The van der Waals surface area contributed by atoms with Crippen molar-refractivity contribution < 1.29 is 17.6 Å². The van der Waals surface area contributed by atoms with E-state index in [2.05, 4.69) is 10.0 Å². The zero-order chi connectivity index (χ0) is 19.4. The van der Waals surface area contributed by atoms with Crippen molar-refractivity contribution in [1.29, 1.82) is 0 Å². The average molecular weight is 405 g/mol. The number of hydrogen-bond acceptors (Lipinski definition) is 3. The number of benzene rings is 3. The van der Waals surface area contributed by atoms with E-state index >= 15 is 0 Å². The predicted molar refractivity (Wildman–Crippen MR) is 103 cm³/mol. The van der Waals surface area contributed by atoms with E-state index in [4.69, 9.17) is 11.6 Å². The van der Waals surface area contributed by atoms with Crippen LogP contribution in [-0.2, 0) is 10.0 Å². The molecule has 3 aromatic rings. The van der Waals surface area contributed by atoms with E-state index < -0.39 is 21.7 Å². The van der Waals surface area contributed by atoms with Crippen molar-refractivity contribution in [3.8, 4) is 0 Å². The van der Waals surface area contributed by atoms with Crippen molar-refractivity contribution in [2.24, 2.45) is 0 Å². The van der Waals surface area contributed by atoms with Gasteiger partial charge in [0.15, 0.2) is 0 Å². The van der Waals surface area contributed by atoms with Gasteiger partial charge in [-0.25, -0.2) is 12.8 Å². The normalized spacial score (nSPS) is 11.0. The van der Waals surface area contributed by atoms with Crippen LogP contribution >= 0.6 is 11.6 Å². The Labute approximate surface area is 160 Å². The van der Waals surface area contributed by atoms with E-state index in [1.165, 1.54) is 24.3 Å². The van der Waals surface area contributed by atoms with Crippen molar-refractivity contribution >= 4 is 38.9 Å². The number of nitrogens with one attached hydrogen (secondary N) is 2. The quantitative estimate of drug-likeness (QED) is 0.655. The largest absolute Gasteiger partial charge is 0.319 e. The molecule has 27 heavy (non-hydrogen) atoms. The second kappa shape index (κ2) is 7.77. The predicted octanol–water partition coefficient (Wildman–Crippen LogP) is 4.53. The van der Waals surface area contributed by atoms with Crippen LogP contribution in [0.15, 0.2) is 77.7 Å². The highest BCUT2D eigenvalue weighted by Gasteiger charge is 2.18. The summed E-state index contributed by atoms with van der Waals surface area (Å²) < 4.78 is 41.5. The minimum atomic E-state index is -3.96. The van der Waals surface area contributed by atoms with E-state index in [1.54, 1.807) is 42.5 Å². The van der Waals surface area contributed by atoms with Crippen LogP contribution in [0.4, 0.5) is 15.8 Å². The maximum atomic E-state index is 14.4. The van der Waals surface area contributed by atoms with Gasteiger partial charge in [-0.1, -0.05) is 41.9 Å². The number of para-hydroxylation sites is 1. The first kappa shape index (κ1) is 18.9. The van der Waals surface area contributed by atoms with Gasteiger partial charge in [0.1, 0.15) is 5.82 Å². The zero-order valence-electron chi connectivity index (χ0n) is 13.8. The minimum absolute atomic E-state index is 0.154. The molecule has 0 unspecified atom stereocenters. The summed E-state index contributed by atoms with van der Waals surface area (Å²) in [6, 6.07) is 17.8. The first-order valence-corrected chi connectivity index (χ1v) is 9.66. The topological polar surface area (TPSA) is 75.3 Å². The fourth-order valence-corrected chi connectivity index (χ4v) is 3.61. The van der Waals surface area contributed by atoms with E-state index in [0.717, 1.165) is 6.07 Å². The molecule has 0 aliphatic heterocycles. The molecule has 0 fully saturated rings. The summed E-state index contributed by atoms with van der Waals surface area (Å²) >= 11 is 5.95. The molecule has 0 aliphatic carbocycles. The smallest absolute Gasteiger partial charge is 0.261 e. The molecular formula is C19H14ClFN2O3S. The summed E-state index contributed by atoms with van der Waals surface area (Å²) in [6.45, 7) is 0. The third-order valence-electron chi connectivity index (χ3n) is 3.64. The summed E-state index contributed by atoms with van der Waals surface area (Å²) in [6.07, 6.45) is 0. The Balaban J connectivity index is 1.81. The molecule has 138 valence electrons. The molecule has 0 aliphatic rings. The highest BCUT2D eigenvalue weighted by Crippen LogP contribution is 2.23. The maximum Gasteiger partial charge on any atom is 0.261 e. The molecule has 0 aromatic heterocycles. The van der Waals surface area contributed by atoms with Gasteiger partial charge in [0, 0.05) is 5.69 Å². The Kier molecular flexibility index (Phi) is 5.43. The SMILES string of the molecule is O=C(Nc1ccc(S(=O)(=O)Nc2ccccc2)cc1F)c1ccccc1Cl. The second-order valence-corrected chi connectivity index (χ2v) is 7.64. The molecule has 0 saturated carbocycles. The van der Waals surface area contributed by atoms with Gasteiger partial charge < -0.3 is 5.32 Å². The monoisotopic (exact) mass is 404 g/mol. The fraction of sp³-hybridized carbons (Fsp3) is 0. The molecule has 0 saturated heterocycles. The van der Waals surface area contributed by atoms with Gasteiger partial charge in [0.2, 0.25) is 0 Å². The molecule has 8 heteroatoms. The highest BCUT2D eigenvalue weighted by molar-refractivity contribution is 7.92. The number of rotatable bonds is 5. The van der Waals surface area contributed by atoms with Crippen LogP contribution in [0.1, 0.15) is 10.4 Å². The number of halogens is 2. The Morgan fingerprint density at radius 3 is 2.26 bits per heavy atom. The van der Waals surface area contributed by atoms with Gasteiger partial charge in [-0.15, -0.1) is 0 Å². The highest BCUT2D eigenvalue weighted by atomic mass is 35.5. The number of sulfonamides is 1. The molecule has 0 spiro atoms. The lowest BCUT2D eigenvalue weighted by Crippen LogP contribution is -2.15. The van der Waals surface area contributed by atoms with Crippen LogP contribution < -0.4 is 10.0 Å². The van der Waals surface area contributed by atoms with E-state index in [1.807, 2.05) is 0 Å². The van der Waals surface area contributed by atoms with Crippen LogP contribution in [0.3, 0.4) is 0 Å². The summed E-state index contributed by atoms with van der Waals surface area (Å²) in [5.41, 5.74) is 0.383. The number of carbonyl (C=O) groups excluding carboxylic acids is 1. The van der Waals surface area contributed by atoms with Gasteiger partial charge in [-0.05, 0) is 42.5 Å². The van der Waals surface area contributed by atoms with Gasteiger partial charge in [0.25, 0.3) is 15.9 Å². The molecule has 0 radical (unpaired) electrons. The van der Waals surface area contributed by atoms with Crippen LogP contribution in [0.2, 0.25) is 5.02 Å². The van der Waals surface area contributed by atoms with Gasteiger partial charge in [-0.2, -0.15) is 0 Å². The number of anilines is 2. The summed E-state index contributed by atoms with van der Waals surface area (Å²) in [4.78, 5) is 12.0. The van der Waals surface area contributed by atoms with E-state index in [9.17, 15) is 17.6 Å².